The van der Waals surface area contributed by atoms with Gasteiger partial charge in [-0.2, -0.15) is 5.10 Å². The first-order chi connectivity index (χ1) is 11.8. The molecule has 0 radical (unpaired) electrons. The smallest absolute Gasteiger partial charge is 0.153 e. The van der Waals surface area contributed by atoms with E-state index in [2.05, 4.69) is 39.2 Å². The molecule has 3 heterocycles. The van der Waals surface area contributed by atoms with Crippen LogP contribution >= 0.6 is 0 Å². The molecule has 1 saturated heterocycles. The van der Waals surface area contributed by atoms with Gasteiger partial charge in [0.05, 0.1) is 6.20 Å². The standard InChI is InChI=1S/C18H18N4OS/c23-24-11-9-21(10-12-24)17-6-4-15(5-7-17)16-13-20-22(14-16)18-3-1-2-8-19-18/h1-8,13-14H,9-12H2. The topological polar surface area (TPSA) is 51.0 Å². The number of aromatic nitrogens is 3. The quantitative estimate of drug-likeness (QED) is 0.736. The van der Waals surface area contributed by atoms with E-state index < -0.39 is 10.8 Å². The van der Waals surface area contributed by atoms with Crippen molar-refractivity contribution in [1.82, 2.24) is 14.8 Å². The summed E-state index contributed by atoms with van der Waals surface area (Å²) in [7, 11) is -0.643. The van der Waals surface area contributed by atoms with E-state index in [4.69, 9.17) is 0 Å². The largest absolute Gasteiger partial charge is 0.370 e. The first-order valence-electron chi connectivity index (χ1n) is 7.96. The molecule has 1 fully saturated rings. The lowest BCUT2D eigenvalue weighted by Crippen LogP contribution is -2.37. The molecule has 0 bridgehead atoms. The fraction of sp³-hybridized carbons (Fsp3) is 0.222. The summed E-state index contributed by atoms with van der Waals surface area (Å²) in [5, 5.41) is 4.39. The molecule has 1 aliphatic heterocycles. The van der Waals surface area contributed by atoms with Crippen LogP contribution in [0.1, 0.15) is 0 Å². The van der Waals surface area contributed by atoms with E-state index in [1.54, 1.807) is 10.9 Å². The van der Waals surface area contributed by atoms with Crippen LogP contribution in [0.4, 0.5) is 5.69 Å². The van der Waals surface area contributed by atoms with Gasteiger partial charge < -0.3 is 4.90 Å². The minimum absolute atomic E-state index is 0.643. The monoisotopic (exact) mass is 338 g/mol. The summed E-state index contributed by atoms with van der Waals surface area (Å²) in [4.78, 5) is 6.60. The highest BCUT2D eigenvalue weighted by atomic mass is 32.2. The van der Waals surface area contributed by atoms with Crippen molar-refractivity contribution in [3.05, 3.63) is 61.1 Å². The Bertz CT molecular complexity index is 835. The Morgan fingerprint density at radius 2 is 1.75 bits per heavy atom. The molecule has 6 heteroatoms. The van der Waals surface area contributed by atoms with E-state index in [1.807, 2.05) is 30.6 Å². The van der Waals surface area contributed by atoms with Gasteiger partial charge >= 0.3 is 0 Å². The third-order valence-electron chi connectivity index (χ3n) is 4.21. The Kier molecular flexibility index (Phi) is 4.13. The van der Waals surface area contributed by atoms with E-state index in [9.17, 15) is 4.21 Å². The van der Waals surface area contributed by atoms with E-state index in [-0.39, 0.29) is 0 Å². The molecule has 0 atom stereocenters. The van der Waals surface area contributed by atoms with Gasteiger partial charge in [-0.15, -0.1) is 0 Å². The predicted molar refractivity (Wildman–Crippen MR) is 96.9 cm³/mol. The van der Waals surface area contributed by atoms with Gasteiger partial charge in [0.2, 0.25) is 0 Å². The zero-order chi connectivity index (χ0) is 16.4. The number of nitrogens with zero attached hydrogens (tertiary/aromatic N) is 4. The normalized spacial score (nSPS) is 15.6. The molecular weight excluding hydrogens is 320 g/mol. The third-order valence-corrected chi connectivity index (χ3v) is 5.49. The van der Waals surface area contributed by atoms with Crippen LogP contribution in [-0.2, 0) is 10.8 Å². The molecule has 2 aromatic heterocycles. The summed E-state index contributed by atoms with van der Waals surface area (Å²) in [5.41, 5.74) is 3.38. The maximum absolute atomic E-state index is 11.5. The highest BCUT2D eigenvalue weighted by molar-refractivity contribution is 7.85. The molecule has 0 amide bonds. The van der Waals surface area contributed by atoms with E-state index in [0.29, 0.717) is 0 Å². The number of hydrogen-bond acceptors (Lipinski definition) is 4. The van der Waals surface area contributed by atoms with Crippen LogP contribution in [0.3, 0.4) is 0 Å². The second-order valence-electron chi connectivity index (χ2n) is 5.74. The highest BCUT2D eigenvalue weighted by Crippen LogP contribution is 2.24. The predicted octanol–water partition coefficient (Wildman–Crippen LogP) is 2.50. The van der Waals surface area contributed by atoms with Crippen molar-refractivity contribution in [3.8, 4) is 16.9 Å². The molecular formula is C18H18N4OS. The average molecular weight is 338 g/mol. The number of anilines is 1. The number of pyridine rings is 1. The van der Waals surface area contributed by atoms with Crippen molar-refractivity contribution in [1.29, 1.82) is 0 Å². The van der Waals surface area contributed by atoms with Crippen LogP contribution < -0.4 is 4.90 Å². The van der Waals surface area contributed by atoms with Gasteiger partial charge in [-0.05, 0) is 29.8 Å². The zero-order valence-corrected chi connectivity index (χ0v) is 14.0. The molecule has 4 rings (SSSR count). The first-order valence-corrected chi connectivity index (χ1v) is 9.45. The molecule has 0 unspecified atom stereocenters. The second kappa shape index (κ2) is 6.57. The molecule has 24 heavy (non-hydrogen) atoms. The van der Waals surface area contributed by atoms with E-state index >= 15 is 0 Å². The Morgan fingerprint density at radius 3 is 2.46 bits per heavy atom. The fourth-order valence-electron chi connectivity index (χ4n) is 2.85. The molecule has 1 aliphatic rings. The van der Waals surface area contributed by atoms with Gasteiger partial charge in [0.25, 0.3) is 0 Å². The molecule has 3 aromatic rings. The summed E-state index contributed by atoms with van der Waals surface area (Å²) in [5.74, 6) is 2.33. The van der Waals surface area contributed by atoms with E-state index in [1.165, 1.54) is 5.69 Å². The SMILES string of the molecule is O=S1CCN(c2ccc(-c3cnn(-c4ccccn4)c3)cc2)CC1. The van der Waals surface area contributed by atoms with Crippen molar-refractivity contribution >= 4 is 16.5 Å². The molecule has 122 valence electrons. The van der Waals surface area contributed by atoms with Crippen LogP contribution in [-0.4, -0.2) is 43.6 Å². The molecule has 0 aliphatic carbocycles. The van der Waals surface area contributed by atoms with Crippen molar-refractivity contribution in [2.45, 2.75) is 0 Å². The summed E-state index contributed by atoms with van der Waals surface area (Å²) >= 11 is 0. The van der Waals surface area contributed by atoms with Crippen molar-refractivity contribution in [2.24, 2.45) is 0 Å². The van der Waals surface area contributed by atoms with Gasteiger partial charge in [0.15, 0.2) is 5.82 Å². The second-order valence-corrected chi connectivity index (χ2v) is 7.44. The summed E-state index contributed by atoms with van der Waals surface area (Å²) in [6, 6.07) is 14.2. The maximum Gasteiger partial charge on any atom is 0.153 e. The lowest BCUT2D eigenvalue weighted by molar-refractivity contribution is 0.673. The molecule has 0 saturated carbocycles. The zero-order valence-electron chi connectivity index (χ0n) is 13.2. The molecule has 1 aromatic carbocycles. The van der Waals surface area contributed by atoms with E-state index in [0.717, 1.165) is 41.5 Å². The van der Waals surface area contributed by atoms with Crippen LogP contribution in [0.25, 0.3) is 16.9 Å². The number of hydrogen-bond donors (Lipinski definition) is 0. The third kappa shape index (κ3) is 3.10. The lowest BCUT2D eigenvalue weighted by atomic mass is 10.1. The van der Waals surface area contributed by atoms with Crippen LogP contribution in [0, 0.1) is 0 Å². The van der Waals surface area contributed by atoms with Crippen LogP contribution in [0.15, 0.2) is 61.1 Å². The van der Waals surface area contributed by atoms with Gasteiger partial charge in [-0.3, -0.25) is 4.21 Å². The van der Waals surface area contributed by atoms with Gasteiger partial charge in [-0.1, -0.05) is 18.2 Å². The maximum atomic E-state index is 11.5. The Hall–Kier alpha value is -2.47. The molecule has 0 spiro atoms. The minimum Gasteiger partial charge on any atom is -0.370 e. The minimum atomic E-state index is -0.643. The highest BCUT2D eigenvalue weighted by Gasteiger charge is 2.15. The Morgan fingerprint density at radius 1 is 0.958 bits per heavy atom. The number of rotatable bonds is 3. The van der Waals surface area contributed by atoms with Crippen LogP contribution in [0.5, 0.6) is 0 Å². The fourth-order valence-corrected chi connectivity index (χ4v) is 3.90. The Balaban J connectivity index is 1.53. The first kappa shape index (κ1) is 15.1. The van der Waals surface area contributed by atoms with Crippen molar-refractivity contribution in [2.75, 3.05) is 29.5 Å². The molecule has 0 N–H and O–H groups in total. The lowest BCUT2D eigenvalue weighted by Gasteiger charge is -2.28. The summed E-state index contributed by atoms with van der Waals surface area (Å²) in [6.45, 7) is 1.73. The average Bonchev–Trinajstić information content (AvgIpc) is 3.13. The van der Waals surface area contributed by atoms with Gasteiger partial charge in [0.1, 0.15) is 0 Å². The summed E-state index contributed by atoms with van der Waals surface area (Å²) in [6.07, 6.45) is 5.60. The van der Waals surface area contributed by atoms with Gasteiger partial charge in [-0.25, -0.2) is 9.67 Å². The summed E-state index contributed by atoms with van der Waals surface area (Å²) < 4.78 is 13.2. The van der Waals surface area contributed by atoms with Gasteiger partial charge in [0, 0.05) is 59.0 Å². The number of benzene rings is 1. The van der Waals surface area contributed by atoms with Crippen molar-refractivity contribution in [3.63, 3.8) is 0 Å². The van der Waals surface area contributed by atoms with Crippen molar-refractivity contribution < 1.29 is 4.21 Å². The Labute approximate surface area is 143 Å². The molecule has 5 nitrogen and oxygen atoms in total. The van der Waals surface area contributed by atoms with Crippen LogP contribution in [0.2, 0.25) is 0 Å².